The lowest BCUT2D eigenvalue weighted by Gasteiger charge is -2.21. The molecule has 1 heterocycles. The van der Waals surface area contributed by atoms with E-state index in [0.29, 0.717) is 5.25 Å². The van der Waals surface area contributed by atoms with Crippen molar-refractivity contribution in [2.75, 3.05) is 6.54 Å². The summed E-state index contributed by atoms with van der Waals surface area (Å²) in [4.78, 5) is 4.55. The minimum atomic E-state index is 0.0947. The maximum absolute atomic E-state index is 4.55. The lowest BCUT2D eigenvalue weighted by atomic mass is 10.1. The van der Waals surface area contributed by atoms with Gasteiger partial charge in [-0.2, -0.15) is 0 Å². The summed E-state index contributed by atoms with van der Waals surface area (Å²) in [6.07, 6.45) is 0. The first-order valence-corrected chi connectivity index (χ1v) is 6.47. The Balaban J connectivity index is 1.97. The summed E-state index contributed by atoms with van der Waals surface area (Å²) in [7, 11) is 0. The molecule has 0 saturated heterocycles. The van der Waals surface area contributed by atoms with Gasteiger partial charge in [-0.1, -0.05) is 42.1 Å². The molecular formula is C13H18N2S. The monoisotopic (exact) mass is 234 g/mol. The number of hydrogen-bond donors (Lipinski definition) is 1. The average Bonchev–Trinajstić information content (AvgIpc) is 2.65. The smallest absolute Gasteiger partial charge is 0.157 e. The van der Waals surface area contributed by atoms with Crippen molar-refractivity contribution in [3.63, 3.8) is 0 Å². The molecule has 1 aromatic carbocycles. The predicted octanol–water partition coefficient (Wildman–Crippen LogP) is 3.22. The Hall–Kier alpha value is -0.960. The summed E-state index contributed by atoms with van der Waals surface area (Å²) in [6, 6.07) is 10.6. The second-order valence-electron chi connectivity index (χ2n) is 5.04. The molecule has 16 heavy (non-hydrogen) atoms. The van der Waals surface area contributed by atoms with E-state index in [2.05, 4.69) is 61.4 Å². The van der Waals surface area contributed by atoms with Crippen LogP contribution in [0.2, 0.25) is 0 Å². The van der Waals surface area contributed by atoms with Gasteiger partial charge in [0.1, 0.15) is 0 Å². The standard InChI is InChI=1S/C13H18N2S/c1-13(2,3)15-12-14-9-11(16-12)10-7-5-4-6-8-10/h4-8,11H,9H2,1-3H3,(H,14,15). The Labute approximate surface area is 102 Å². The van der Waals surface area contributed by atoms with Crippen LogP contribution in [0.1, 0.15) is 31.6 Å². The van der Waals surface area contributed by atoms with Crippen LogP contribution in [0.4, 0.5) is 0 Å². The number of rotatable bonds is 1. The van der Waals surface area contributed by atoms with Gasteiger partial charge in [0.25, 0.3) is 0 Å². The molecule has 0 spiro atoms. The Morgan fingerprint density at radius 2 is 1.94 bits per heavy atom. The zero-order chi connectivity index (χ0) is 11.6. The van der Waals surface area contributed by atoms with Crippen LogP contribution >= 0.6 is 11.8 Å². The van der Waals surface area contributed by atoms with Gasteiger partial charge in [0, 0.05) is 5.54 Å². The second kappa shape index (κ2) is 4.50. The molecule has 1 aliphatic rings. The fourth-order valence-corrected chi connectivity index (χ4v) is 2.83. The van der Waals surface area contributed by atoms with E-state index in [4.69, 9.17) is 0 Å². The molecule has 2 nitrogen and oxygen atoms in total. The number of benzene rings is 1. The molecule has 0 amide bonds. The number of aliphatic imine (C=N–C) groups is 1. The highest BCUT2D eigenvalue weighted by atomic mass is 32.2. The van der Waals surface area contributed by atoms with Crippen LogP contribution in [0.15, 0.2) is 35.3 Å². The minimum Gasteiger partial charge on any atom is -0.360 e. The summed E-state index contributed by atoms with van der Waals surface area (Å²) >= 11 is 1.83. The van der Waals surface area contributed by atoms with Gasteiger partial charge in [-0.05, 0) is 26.3 Å². The summed E-state index contributed by atoms with van der Waals surface area (Å²) in [5.41, 5.74) is 1.46. The third-order valence-electron chi connectivity index (χ3n) is 2.31. The topological polar surface area (TPSA) is 24.4 Å². The SMILES string of the molecule is CC(C)(C)NC1=NCC(c2ccccc2)S1. The van der Waals surface area contributed by atoms with Crippen LogP contribution in [0.3, 0.4) is 0 Å². The molecule has 2 rings (SSSR count). The van der Waals surface area contributed by atoms with Gasteiger partial charge >= 0.3 is 0 Å². The zero-order valence-electron chi connectivity index (χ0n) is 10.0. The molecule has 1 unspecified atom stereocenters. The van der Waals surface area contributed by atoms with E-state index in [-0.39, 0.29) is 5.54 Å². The van der Waals surface area contributed by atoms with E-state index in [1.807, 2.05) is 11.8 Å². The maximum Gasteiger partial charge on any atom is 0.157 e. The Bertz CT molecular complexity index is 379. The van der Waals surface area contributed by atoms with Crippen LogP contribution in [0.25, 0.3) is 0 Å². The Kier molecular flexibility index (Phi) is 3.24. The average molecular weight is 234 g/mol. The lowest BCUT2D eigenvalue weighted by Crippen LogP contribution is -2.38. The van der Waals surface area contributed by atoms with Gasteiger partial charge in [0.15, 0.2) is 5.17 Å². The van der Waals surface area contributed by atoms with E-state index >= 15 is 0 Å². The molecule has 1 atom stereocenters. The molecule has 1 aliphatic heterocycles. The zero-order valence-corrected chi connectivity index (χ0v) is 10.8. The maximum atomic E-state index is 4.55. The van der Waals surface area contributed by atoms with Gasteiger partial charge in [-0.25, -0.2) is 0 Å². The van der Waals surface area contributed by atoms with Crippen LogP contribution in [0, 0.1) is 0 Å². The Morgan fingerprint density at radius 3 is 2.56 bits per heavy atom. The van der Waals surface area contributed by atoms with Crippen molar-refractivity contribution in [3.05, 3.63) is 35.9 Å². The summed E-state index contributed by atoms with van der Waals surface area (Å²) in [5.74, 6) is 0. The van der Waals surface area contributed by atoms with Crippen molar-refractivity contribution in [3.8, 4) is 0 Å². The molecule has 1 aromatic rings. The van der Waals surface area contributed by atoms with Gasteiger partial charge in [-0.3, -0.25) is 4.99 Å². The third-order valence-corrected chi connectivity index (χ3v) is 3.47. The van der Waals surface area contributed by atoms with E-state index in [1.54, 1.807) is 0 Å². The Morgan fingerprint density at radius 1 is 1.25 bits per heavy atom. The van der Waals surface area contributed by atoms with Crippen LogP contribution < -0.4 is 5.32 Å². The third kappa shape index (κ3) is 3.01. The van der Waals surface area contributed by atoms with Crippen molar-refractivity contribution in [1.29, 1.82) is 0 Å². The van der Waals surface area contributed by atoms with Gasteiger partial charge in [0.05, 0.1) is 11.8 Å². The number of hydrogen-bond acceptors (Lipinski definition) is 3. The minimum absolute atomic E-state index is 0.0947. The quantitative estimate of drug-likeness (QED) is 0.807. The molecule has 0 radical (unpaired) electrons. The van der Waals surface area contributed by atoms with E-state index in [0.717, 1.165) is 11.7 Å². The molecule has 0 aliphatic carbocycles. The molecule has 0 saturated carbocycles. The van der Waals surface area contributed by atoms with Gasteiger partial charge in [0.2, 0.25) is 0 Å². The van der Waals surface area contributed by atoms with Crippen LogP contribution in [-0.2, 0) is 0 Å². The second-order valence-corrected chi connectivity index (χ2v) is 6.23. The lowest BCUT2D eigenvalue weighted by molar-refractivity contribution is 0.515. The van der Waals surface area contributed by atoms with E-state index in [9.17, 15) is 0 Å². The molecule has 0 aromatic heterocycles. The molecule has 1 N–H and O–H groups in total. The highest BCUT2D eigenvalue weighted by Crippen LogP contribution is 2.34. The highest BCUT2D eigenvalue weighted by molar-refractivity contribution is 8.14. The van der Waals surface area contributed by atoms with Crippen molar-refractivity contribution >= 4 is 16.9 Å². The first-order chi connectivity index (χ1) is 7.54. The molecule has 86 valence electrons. The molecule has 0 fully saturated rings. The summed E-state index contributed by atoms with van der Waals surface area (Å²) in [6.45, 7) is 7.36. The van der Waals surface area contributed by atoms with Gasteiger partial charge in [-0.15, -0.1) is 0 Å². The largest absolute Gasteiger partial charge is 0.360 e. The molecule has 0 bridgehead atoms. The molecular weight excluding hydrogens is 216 g/mol. The van der Waals surface area contributed by atoms with Crippen molar-refractivity contribution in [2.24, 2.45) is 4.99 Å². The fourth-order valence-electron chi connectivity index (χ4n) is 1.61. The summed E-state index contributed by atoms with van der Waals surface area (Å²) in [5, 5.41) is 4.98. The van der Waals surface area contributed by atoms with E-state index in [1.165, 1.54) is 5.56 Å². The van der Waals surface area contributed by atoms with Crippen molar-refractivity contribution in [2.45, 2.75) is 31.6 Å². The number of amidine groups is 1. The fraction of sp³-hybridized carbons (Fsp3) is 0.462. The number of nitrogens with one attached hydrogen (secondary N) is 1. The normalized spacial score (nSPS) is 20.7. The highest BCUT2D eigenvalue weighted by Gasteiger charge is 2.23. The van der Waals surface area contributed by atoms with Crippen molar-refractivity contribution < 1.29 is 0 Å². The first-order valence-electron chi connectivity index (χ1n) is 5.59. The van der Waals surface area contributed by atoms with Gasteiger partial charge < -0.3 is 5.32 Å². The van der Waals surface area contributed by atoms with Crippen LogP contribution in [0.5, 0.6) is 0 Å². The first kappa shape index (κ1) is 11.5. The van der Waals surface area contributed by atoms with Crippen LogP contribution in [-0.4, -0.2) is 17.3 Å². The van der Waals surface area contributed by atoms with Crippen molar-refractivity contribution in [1.82, 2.24) is 5.32 Å². The molecule has 3 heteroatoms. The van der Waals surface area contributed by atoms with E-state index < -0.39 is 0 Å². The number of nitrogens with zero attached hydrogens (tertiary/aromatic N) is 1. The number of thioether (sulfide) groups is 1. The summed E-state index contributed by atoms with van der Waals surface area (Å²) < 4.78 is 0. The predicted molar refractivity (Wildman–Crippen MR) is 72.0 cm³/mol.